The number of carbonyl (C=O) groups excluding carboxylic acids is 1. The molecule has 1 aliphatic heterocycles. The lowest BCUT2D eigenvalue weighted by Crippen LogP contribution is -2.41. The van der Waals surface area contributed by atoms with E-state index in [0.717, 1.165) is 32.5 Å². The van der Waals surface area contributed by atoms with Gasteiger partial charge in [-0.2, -0.15) is 0 Å². The first-order valence-electron chi connectivity index (χ1n) is 7.92. The molecule has 1 aromatic rings. The van der Waals surface area contributed by atoms with E-state index in [1.54, 1.807) is 0 Å². The van der Waals surface area contributed by atoms with E-state index < -0.39 is 0 Å². The quantitative estimate of drug-likeness (QED) is 0.919. The van der Waals surface area contributed by atoms with Crippen molar-refractivity contribution in [2.75, 3.05) is 32.8 Å². The third-order valence-electron chi connectivity index (χ3n) is 4.47. The van der Waals surface area contributed by atoms with Crippen LogP contribution < -0.4 is 5.32 Å². The molecular weight excluding hydrogens is 264 g/mol. The normalized spacial score (nSPS) is 21.4. The van der Waals surface area contributed by atoms with Crippen LogP contribution in [-0.2, 0) is 16.0 Å². The first-order chi connectivity index (χ1) is 10.2. The van der Waals surface area contributed by atoms with Crippen molar-refractivity contribution >= 4 is 5.91 Å². The van der Waals surface area contributed by atoms with Crippen molar-refractivity contribution in [3.63, 3.8) is 0 Å². The van der Waals surface area contributed by atoms with E-state index in [1.165, 1.54) is 16.7 Å². The molecule has 1 aliphatic carbocycles. The number of nitrogens with zero attached hydrogens (tertiary/aromatic N) is 1. The minimum absolute atomic E-state index is 0.244. The monoisotopic (exact) mass is 288 g/mol. The van der Waals surface area contributed by atoms with Gasteiger partial charge in [-0.15, -0.1) is 0 Å². The summed E-state index contributed by atoms with van der Waals surface area (Å²) in [6.07, 6.45) is 2.87. The molecule has 114 valence electrons. The van der Waals surface area contributed by atoms with Crippen molar-refractivity contribution < 1.29 is 9.53 Å². The summed E-state index contributed by atoms with van der Waals surface area (Å²) in [5, 5.41) is 3.56. The Morgan fingerprint density at radius 3 is 3.00 bits per heavy atom. The molecule has 1 N–H and O–H groups in total. The Labute approximate surface area is 126 Å². The second kappa shape index (κ2) is 6.58. The molecule has 0 spiro atoms. The molecule has 1 heterocycles. The zero-order valence-corrected chi connectivity index (χ0v) is 12.7. The number of ether oxygens (including phenoxy) is 1. The van der Waals surface area contributed by atoms with Gasteiger partial charge in [-0.3, -0.25) is 4.79 Å². The summed E-state index contributed by atoms with van der Waals surface area (Å²) in [6, 6.07) is 7.12. The molecule has 3 rings (SSSR count). The molecule has 0 radical (unpaired) electrons. The number of hydrogen-bond acceptors (Lipinski definition) is 3. The highest BCUT2D eigenvalue weighted by molar-refractivity contribution is 5.76. The molecule has 1 atom stereocenters. The minimum Gasteiger partial charge on any atom is -0.378 e. The van der Waals surface area contributed by atoms with E-state index >= 15 is 0 Å². The minimum atomic E-state index is 0.244. The molecule has 4 heteroatoms. The number of nitrogens with one attached hydrogen (secondary N) is 1. The van der Waals surface area contributed by atoms with Crippen molar-refractivity contribution in [1.29, 1.82) is 0 Å². The van der Waals surface area contributed by atoms with Crippen LogP contribution in [0.15, 0.2) is 18.2 Å². The summed E-state index contributed by atoms with van der Waals surface area (Å²) in [5.41, 5.74) is 4.19. The Kier molecular flexibility index (Phi) is 4.56. The molecule has 4 nitrogen and oxygen atoms in total. The number of morpholine rings is 1. The first kappa shape index (κ1) is 14.5. The van der Waals surface area contributed by atoms with Crippen molar-refractivity contribution in [1.82, 2.24) is 10.2 Å². The standard InChI is InChI=1S/C17H24N2O2/c1-13-2-3-14-4-5-16(15(14)12-13)18-7-6-17(20)19-8-10-21-11-9-19/h2-3,12,16,18H,4-11H2,1H3. The maximum Gasteiger partial charge on any atom is 0.224 e. The van der Waals surface area contributed by atoms with Crippen LogP contribution in [0.25, 0.3) is 0 Å². The van der Waals surface area contributed by atoms with Gasteiger partial charge in [-0.25, -0.2) is 0 Å². The SMILES string of the molecule is Cc1ccc2c(c1)C(NCCC(=O)N1CCOCC1)CC2. The van der Waals surface area contributed by atoms with Gasteiger partial charge in [0, 0.05) is 32.1 Å². The number of fused-ring (bicyclic) bond motifs is 1. The largest absolute Gasteiger partial charge is 0.378 e. The van der Waals surface area contributed by atoms with Crippen LogP contribution in [0, 0.1) is 6.92 Å². The molecule has 0 saturated carbocycles. The number of hydrogen-bond donors (Lipinski definition) is 1. The molecule has 2 aliphatic rings. The topological polar surface area (TPSA) is 41.6 Å². The predicted octanol–water partition coefficient (Wildman–Crippen LogP) is 1.82. The van der Waals surface area contributed by atoms with Crippen LogP contribution in [0.4, 0.5) is 0 Å². The van der Waals surface area contributed by atoms with Gasteiger partial charge in [0.25, 0.3) is 0 Å². The van der Waals surface area contributed by atoms with Gasteiger partial charge < -0.3 is 15.0 Å². The lowest BCUT2D eigenvalue weighted by atomic mass is 10.1. The average Bonchev–Trinajstić information content (AvgIpc) is 2.90. The molecule has 1 saturated heterocycles. The Hall–Kier alpha value is -1.39. The first-order valence-corrected chi connectivity index (χ1v) is 7.92. The molecule has 1 amide bonds. The van der Waals surface area contributed by atoms with Crippen molar-refractivity contribution in [3.05, 3.63) is 34.9 Å². The van der Waals surface area contributed by atoms with Gasteiger partial charge >= 0.3 is 0 Å². The Bertz CT molecular complexity index is 510. The van der Waals surface area contributed by atoms with Gasteiger partial charge in [-0.05, 0) is 30.9 Å². The highest BCUT2D eigenvalue weighted by Gasteiger charge is 2.22. The van der Waals surface area contributed by atoms with Crippen molar-refractivity contribution in [2.24, 2.45) is 0 Å². The fourth-order valence-electron chi connectivity index (χ4n) is 3.26. The third-order valence-corrected chi connectivity index (χ3v) is 4.47. The number of aryl methyl sites for hydroxylation is 2. The summed E-state index contributed by atoms with van der Waals surface area (Å²) in [6.45, 7) is 5.73. The summed E-state index contributed by atoms with van der Waals surface area (Å²) >= 11 is 0. The fraction of sp³-hybridized carbons (Fsp3) is 0.588. The number of carbonyl (C=O) groups is 1. The molecule has 21 heavy (non-hydrogen) atoms. The average molecular weight is 288 g/mol. The zero-order chi connectivity index (χ0) is 14.7. The van der Waals surface area contributed by atoms with Crippen LogP contribution in [0.2, 0.25) is 0 Å². The van der Waals surface area contributed by atoms with Gasteiger partial charge in [0.15, 0.2) is 0 Å². The van der Waals surface area contributed by atoms with Gasteiger partial charge in [0.1, 0.15) is 0 Å². The second-order valence-electron chi connectivity index (χ2n) is 5.99. The fourth-order valence-corrected chi connectivity index (χ4v) is 3.26. The van der Waals surface area contributed by atoms with Gasteiger partial charge in [0.05, 0.1) is 13.2 Å². The summed E-state index contributed by atoms with van der Waals surface area (Å²) in [4.78, 5) is 14.0. The van der Waals surface area contributed by atoms with E-state index in [4.69, 9.17) is 4.74 Å². The lowest BCUT2D eigenvalue weighted by Gasteiger charge is -2.27. The van der Waals surface area contributed by atoms with Gasteiger partial charge in [-0.1, -0.05) is 23.8 Å². The Balaban J connectivity index is 1.48. The highest BCUT2D eigenvalue weighted by atomic mass is 16.5. The molecule has 1 fully saturated rings. The number of rotatable bonds is 4. The smallest absolute Gasteiger partial charge is 0.224 e. The maximum absolute atomic E-state index is 12.1. The van der Waals surface area contributed by atoms with Crippen LogP contribution in [0.5, 0.6) is 0 Å². The van der Waals surface area contributed by atoms with Crippen LogP contribution in [-0.4, -0.2) is 43.7 Å². The van der Waals surface area contributed by atoms with E-state index in [2.05, 4.69) is 30.4 Å². The van der Waals surface area contributed by atoms with Crippen LogP contribution >= 0.6 is 0 Å². The Morgan fingerprint density at radius 1 is 1.38 bits per heavy atom. The molecule has 1 unspecified atom stereocenters. The van der Waals surface area contributed by atoms with Crippen LogP contribution in [0.3, 0.4) is 0 Å². The highest BCUT2D eigenvalue weighted by Crippen LogP contribution is 2.31. The van der Waals surface area contributed by atoms with E-state index in [0.29, 0.717) is 25.7 Å². The molecule has 0 aromatic heterocycles. The van der Waals surface area contributed by atoms with Crippen molar-refractivity contribution in [3.8, 4) is 0 Å². The molecule has 1 aromatic carbocycles. The second-order valence-corrected chi connectivity index (χ2v) is 5.99. The van der Waals surface area contributed by atoms with Crippen molar-refractivity contribution in [2.45, 2.75) is 32.2 Å². The summed E-state index contributed by atoms with van der Waals surface area (Å²) < 4.78 is 5.28. The van der Waals surface area contributed by atoms with E-state index in [1.807, 2.05) is 4.90 Å². The molecular formula is C17H24N2O2. The Morgan fingerprint density at radius 2 is 2.19 bits per heavy atom. The maximum atomic E-state index is 12.1. The molecule has 0 bridgehead atoms. The van der Waals surface area contributed by atoms with E-state index in [9.17, 15) is 4.79 Å². The summed E-state index contributed by atoms with van der Waals surface area (Å²) in [7, 11) is 0. The summed E-state index contributed by atoms with van der Waals surface area (Å²) in [5.74, 6) is 0.244. The predicted molar refractivity (Wildman–Crippen MR) is 82.3 cm³/mol. The third kappa shape index (κ3) is 3.44. The van der Waals surface area contributed by atoms with Crippen LogP contribution in [0.1, 0.15) is 35.6 Å². The number of amides is 1. The lowest BCUT2D eigenvalue weighted by molar-refractivity contribution is -0.135. The number of benzene rings is 1. The van der Waals surface area contributed by atoms with Gasteiger partial charge in [0.2, 0.25) is 5.91 Å². The van der Waals surface area contributed by atoms with E-state index in [-0.39, 0.29) is 5.91 Å². The zero-order valence-electron chi connectivity index (χ0n) is 12.7.